The molecular weight excluding hydrogens is 436 g/mol. The Labute approximate surface area is 198 Å². The number of aliphatic hydroxyl groups excluding tert-OH is 1. The fourth-order valence-electron chi connectivity index (χ4n) is 4.49. The molecule has 180 valence electrons. The van der Waals surface area contributed by atoms with Gasteiger partial charge in [-0.25, -0.2) is 8.42 Å². The second-order valence-electron chi connectivity index (χ2n) is 9.93. The van der Waals surface area contributed by atoms with Gasteiger partial charge in [0, 0.05) is 31.6 Å². The number of nitrogens with zero attached hydrogens (tertiary/aromatic N) is 2. The molecule has 1 N–H and O–H groups in total. The molecule has 0 radical (unpaired) electrons. The maximum atomic E-state index is 13.6. The van der Waals surface area contributed by atoms with E-state index in [0.717, 1.165) is 30.1 Å². The van der Waals surface area contributed by atoms with Gasteiger partial charge in [0.25, 0.3) is 0 Å². The molecule has 33 heavy (non-hydrogen) atoms. The number of rotatable bonds is 7. The van der Waals surface area contributed by atoms with E-state index in [1.165, 1.54) is 22.7 Å². The zero-order valence-corrected chi connectivity index (χ0v) is 20.9. The van der Waals surface area contributed by atoms with E-state index in [1.54, 1.807) is 13.0 Å². The summed E-state index contributed by atoms with van der Waals surface area (Å²) in [7, 11) is -1.71. The fraction of sp³-hybridized carbons (Fsp3) is 0.538. The second kappa shape index (κ2) is 9.74. The van der Waals surface area contributed by atoms with Gasteiger partial charge >= 0.3 is 0 Å². The van der Waals surface area contributed by atoms with E-state index in [9.17, 15) is 13.5 Å². The highest BCUT2D eigenvalue weighted by atomic mass is 32.2. The van der Waals surface area contributed by atoms with Crippen LogP contribution in [-0.4, -0.2) is 68.2 Å². The minimum absolute atomic E-state index is 0.0355. The number of aryl methyl sites for hydroxylation is 1. The van der Waals surface area contributed by atoms with Crippen LogP contribution in [-0.2, 0) is 10.0 Å². The number of aliphatic hydroxyl groups is 1. The highest BCUT2D eigenvalue weighted by Gasteiger charge is 2.38. The van der Waals surface area contributed by atoms with Crippen molar-refractivity contribution in [2.45, 2.75) is 50.7 Å². The molecule has 6 nitrogen and oxygen atoms in total. The Morgan fingerprint density at radius 3 is 2.42 bits per heavy atom. The third-order valence-electron chi connectivity index (χ3n) is 6.81. The van der Waals surface area contributed by atoms with E-state index >= 15 is 0 Å². The van der Waals surface area contributed by atoms with Crippen LogP contribution in [0.5, 0.6) is 5.75 Å². The minimum Gasteiger partial charge on any atom is -0.487 e. The Morgan fingerprint density at radius 1 is 1.12 bits per heavy atom. The first-order chi connectivity index (χ1) is 15.7. The van der Waals surface area contributed by atoms with Gasteiger partial charge in [0.05, 0.1) is 6.61 Å². The van der Waals surface area contributed by atoms with Gasteiger partial charge in [-0.3, -0.25) is 0 Å². The van der Waals surface area contributed by atoms with Crippen LogP contribution in [0.25, 0.3) is 11.1 Å². The maximum absolute atomic E-state index is 13.6. The van der Waals surface area contributed by atoms with E-state index in [1.807, 2.05) is 50.2 Å². The first-order valence-electron chi connectivity index (χ1n) is 11.9. The monoisotopic (exact) mass is 472 g/mol. The van der Waals surface area contributed by atoms with Crippen molar-refractivity contribution in [3.63, 3.8) is 0 Å². The lowest BCUT2D eigenvalue weighted by Crippen LogP contribution is -2.49. The number of sulfonamides is 1. The minimum atomic E-state index is -3.82. The Hall–Kier alpha value is -1.93. The fourth-order valence-corrected chi connectivity index (χ4v) is 6.32. The van der Waals surface area contributed by atoms with Crippen LogP contribution in [0.4, 0.5) is 0 Å². The SMILES string of the molecule is Cc1ccc(-c2ccc3c(c2)O[C@@H](CN(C)CC2CC2)[C@@H](C)CN([C@H](C)CO)S3(=O)=O)cc1. The van der Waals surface area contributed by atoms with E-state index in [0.29, 0.717) is 12.3 Å². The summed E-state index contributed by atoms with van der Waals surface area (Å²) in [4.78, 5) is 2.47. The number of ether oxygens (including phenoxy) is 1. The molecule has 1 heterocycles. The third-order valence-corrected chi connectivity index (χ3v) is 8.83. The highest BCUT2D eigenvalue weighted by Crippen LogP contribution is 2.37. The summed E-state index contributed by atoms with van der Waals surface area (Å²) in [6.45, 7) is 7.69. The molecule has 0 bridgehead atoms. The van der Waals surface area contributed by atoms with Crippen molar-refractivity contribution in [3.8, 4) is 16.9 Å². The quantitative estimate of drug-likeness (QED) is 0.664. The number of fused-ring (bicyclic) bond motifs is 1. The molecule has 1 aliphatic heterocycles. The third kappa shape index (κ3) is 5.43. The molecule has 2 aromatic carbocycles. The number of hydrogen-bond acceptors (Lipinski definition) is 5. The molecule has 2 aromatic rings. The van der Waals surface area contributed by atoms with Gasteiger partial charge in [0.15, 0.2) is 0 Å². The van der Waals surface area contributed by atoms with Crippen LogP contribution in [0.1, 0.15) is 32.3 Å². The van der Waals surface area contributed by atoms with Crippen LogP contribution in [0.15, 0.2) is 47.4 Å². The Balaban J connectivity index is 1.74. The summed E-state index contributed by atoms with van der Waals surface area (Å²) in [6, 6.07) is 13.0. The topological polar surface area (TPSA) is 70.1 Å². The zero-order chi connectivity index (χ0) is 23.8. The van der Waals surface area contributed by atoms with Crippen molar-refractivity contribution in [1.82, 2.24) is 9.21 Å². The molecule has 1 aliphatic carbocycles. The first-order valence-corrected chi connectivity index (χ1v) is 13.3. The van der Waals surface area contributed by atoms with E-state index in [2.05, 4.69) is 11.9 Å². The number of likely N-dealkylation sites (N-methyl/N-ethyl adjacent to an activating group) is 1. The van der Waals surface area contributed by atoms with Crippen molar-refractivity contribution >= 4 is 10.0 Å². The lowest BCUT2D eigenvalue weighted by molar-refractivity contribution is 0.0741. The molecule has 7 heteroatoms. The second-order valence-corrected chi connectivity index (χ2v) is 11.8. The van der Waals surface area contributed by atoms with E-state index in [-0.39, 0.29) is 23.5 Å². The van der Waals surface area contributed by atoms with E-state index in [4.69, 9.17) is 4.74 Å². The highest BCUT2D eigenvalue weighted by molar-refractivity contribution is 7.89. The first kappa shape index (κ1) is 24.2. The van der Waals surface area contributed by atoms with Crippen LogP contribution < -0.4 is 4.74 Å². The van der Waals surface area contributed by atoms with Crippen LogP contribution in [0.2, 0.25) is 0 Å². The van der Waals surface area contributed by atoms with Gasteiger partial charge in [-0.15, -0.1) is 0 Å². The Bertz CT molecular complexity index is 1070. The van der Waals surface area contributed by atoms with Crippen LogP contribution in [0, 0.1) is 18.8 Å². The van der Waals surface area contributed by atoms with Gasteiger partial charge in [-0.05, 0) is 62.9 Å². The molecule has 1 fully saturated rings. The van der Waals surface area contributed by atoms with Crippen molar-refractivity contribution in [2.24, 2.45) is 11.8 Å². The standard InChI is InChI=1S/C26H36N2O4S/c1-18-5-9-22(10-6-18)23-11-12-26-24(13-23)32-25(16-27(4)15-21-7-8-21)19(2)14-28(20(3)17-29)33(26,30)31/h5-6,9-13,19-21,25,29H,7-8,14-17H2,1-4H3/t19-,20+,25-/m0/s1. The molecule has 2 aliphatic rings. The molecule has 0 unspecified atom stereocenters. The smallest absolute Gasteiger partial charge is 0.247 e. The molecule has 0 spiro atoms. The zero-order valence-electron chi connectivity index (χ0n) is 20.1. The largest absolute Gasteiger partial charge is 0.487 e. The summed E-state index contributed by atoms with van der Waals surface area (Å²) in [5.74, 6) is 1.12. The average molecular weight is 473 g/mol. The van der Waals surface area contributed by atoms with Crippen molar-refractivity contribution in [3.05, 3.63) is 48.0 Å². The van der Waals surface area contributed by atoms with Gasteiger partial charge in [-0.1, -0.05) is 42.8 Å². The van der Waals surface area contributed by atoms with Crippen molar-refractivity contribution < 1.29 is 18.3 Å². The Kier molecular flexibility index (Phi) is 7.15. The van der Waals surface area contributed by atoms with Crippen LogP contribution >= 0.6 is 0 Å². The maximum Gasteiger partial charge on any atom is 0.247 e. The van der Waals surface area contributed by atoms with Gasteiger partial charge < -0.3 is 14.7 Å². The summed E-state index contributed by atoms with van der Waals surface area (Å²) in [5, 5.41) is 9.80. The summed E-state index contributed by atoms with van der Waals surface area (Å²) in [5.41, 5.74) is 3.11. The van der Waals surface area contributed by atoms with Crippen molar-refractivity contribution in [2.75, 3.05) is 33.3 Å². The predicted octanol–water partition coefficient (Wildman–Crippen LogP) is 3.77. The Morgan fingerprint density at radius 2 is 1.79 bits per heavy atom. The lowest BCUT2D eigenvalue weighted by atomic mass is 10.0. The molecule has 1 saturated carbocycles. The van der Waals surface area contributed by atoms with Gasteiger partial charge in [-0.2, -0.15) is 4.31 Å². The lowest BCUT2D eigenvalue weighted by Gasteiger charge is -2.37. The van der Waals surface area contributed by atoms with Crippen molar-refractivity contribution in [1.29, 1.82) is 0 Å². The summed E-state index contributed by atoms with van der Waals surface area (Å²) < 4.78 is 35.2. The van der Waals surface area contributed by atoms with E-state index < -0.39 is 16.1 Å². The van der Waals surface area contributed by atoms with Gasteiger partial charge in [0.1, 0.15) is 16.7 Å². The van der Waals surface area contributed by atoms with Gasteiger partial charge in [0.2, 0.25) is 10.0 Å². The molecular formula is C26H36N2O4S. The molecule has 0 amide bonds. The number of hydrogen-bond donors (Lipinski definition) is 1. The molecule has 4 rings (SSSR count). The molecule has 3 atom stereocenters. The van der Waals surface area contributed by atoms with Crippen LogP contribution in [0.3, 0.4) is 0 Å². The molecule has 0 aromatic heterocycles. The normalized spacial score (nSPS) is 23.9. The number of benzene rings is 2. The summed E-state index contributed by atoms with van der Waals surface area (Å²) in [6.07, 6.45) is 2.41. The average Bonchev–Trinajstić information content (AvgIpc) is 3.59. The molecule has 0 saturated heterocycles. The predicted molar refractivity (Wildman–Crippen MR) is 131 cm³/mol. The summed E-state index contributed by atoms with van der Waals surface area (Å²) >= 11 is 0.